The maximum Gasteiger partial charge on any atom is 0.153 e. The fourth-order valence-corrected chi connectivity index (χ4v) is 1.85. The van der Waals surface area contributed by atoms with E-state index in [9.17, 15) is 0 Å². The van der Waals surface area contributed by atoms with Crippen molar-refractivity contribution >= 4 is 5.84 Å². The van der Waals surface area contributed by atoms with Crippen molar-refractivity contribution < 1.29 is 9.94 Å². The average Bonchev–Trinajstić information content (AvgIpc) is 2.31. The smallest absolute Gasteiger partial charge is 0.153 e. The fraction of sp³-hybridized carbons (Fsp3) is 0.909. The first-order valence-corrected chi connectivity index (χ1v) is 6.14. The SMILES string of the molecule is CC(C)OCCN1CCN(CC(N)=NO)CC1. The zero-order chi connectivity index (χ0) is 12.7. The lowest BCUT2D eigenvalue weighted by molar-refractivity contribution is 0.0466. The lowest BCUT2D eigenvalue weighted by atomic mass is 10.3. The minimum Gasteiger partial charge on any atom is -0.409 e. The Hall–Kier alpha value is -0.850. The second kappa shape index (κ2) is 7.47. The molecule has 0 amide bonds. The molecule has 100 valence electrons. The van der Waals surface area contributed by atoms with Crippen LogP contribution in [-0.4, -0.2) is 72.8 Å². The number of piperazine rings is 1. The molecule has 0 aromatic rings. The quantitative estimate of drug-likeness (QED) is 0.292. The van der Waals surface area contributed by atoms with Crippen molar-refractivity contribution in [3.63, 3.8) is 0 Å². The van der Waals surface area contributed by atoms with Crippen LogP contribution in [0.1, 0.15) is 13.8 Å². The van der Waals surface area contributed by atoms with Crippen LogP contribution in [0.25, 0.3) is 0 Å². The van der Waals surface area contributed by atoms with Crippen LogP contribution in [0.4, 0.5) is 0 Å². The number of nitrogens with zero attached hydrogens (tertiary/aromatic N) is 3. The van der Waals surface area contributed by atoms with Gasteiger partial charge in [-0.3, -0.25) is 9.80 Å². The first-order valence-electron chi connectivity index (χ1n) is 6.14. The summed E-state index contributed by atoms with van der Waals surface area (Å²) in [7, 11) is 0. The largest absolute Gasteiger partial charge is 0.409 e. The maximum absolute atomic E-state index is 8.49. The van der Waals surface area contributed by atoms with Gasteiger partial charge >= 0.3 is 0 Å². The Kier molecular flexibility index (Phi) is 6.25. The predicted molar refractivity (Wildman–Crippen MR) is 67.4 cm³/mol. The third kappa shape index (κ3) is 5.86. The van der Waals surface area contributed by atoms with Crippen LogP contribution in [0.3, 0.4) is 0 Å². The molecular formula is C11H24N4O2. The second-order valence-corrected chi connectivity index (χ2v) is 4.63. The molecule has 1 aliphatic rings. The van der Waals surface area contributed by atoms with Crippen molar-refractivity contribution in [3.8, 4) is 0 Å². The van der Waals surface area contributed by atoms with Crippen molar-refractivity contribution in [2.45, 2.75) is 20.0 Å². The summed E-state index contributed by atoms with van der Waals surface area (Å²) in [6.45, 7) is 10.4. The Morgan fingerprint density at radius 1 is 1.29 bits per heavy atom. The van der Waals surface area contributed by atoms with Gasteiger partial charge in [0.2, 0.25) is 0 Å². The molecule has 0 aromatic carbocycles. The molecule has 0 atom stereocenters. The number of ether oxygens (including phenoxy) is 1. The first kappa shape index (κ1) is 14.2. The van der Waals surface area contributed by atoms with Gasteiger partial charge in [-0.25, -0.2) is 0 Å². The zero-order valence-electron chi connectivity index (χ0n) is 10.8. The number of oxime groups is 1. The van der Waals surface area contributed by atoms with Crippen LogP contribution in [0, 0.1) is 0 Å². The van der Waals surface area contributed by atoms with E-state index in [4.69, 9.17) is 15.7 Å². The van der Waals surface area contributed by atoms with E-state index in [1.165, 1.54) is 0 Å². The molecule has 1 saturated heterocycles. The van der Waals surface area contributed by atoms with Crippen molar-refractivity contribution in [3.05, 3.63) is 0 Å². The number of hydrogen-bond donors (Lipinski definition) is 2. The van der Waals surface area contributed by atoms with Crippen molar-refractivity contribution in [1.82, 2.24) is 9.80 Å². The highest BCUT2D eigenvalue weighted by atomic mass is 16.5. The number of rotatable bonds is 6. The van der Waals surface area contributed by atoms with Crippen LogP contribution in [0.2, 0.25) is 0 Å². The van der Waals surface area contributed by atoms with Crippen LogP contribution in [0.15, 0.2) is 5.16 Å². The monoisotopic (exact) mass is 244 g/mol. The molecule has 3 N–H and O–H groups in total. The Bertz CT molecular complexity index is 238. The Labute approximate surface area is 103 Å². The molecule has 0 bridgehead atoms. The minimum absolute atomic E-state index is 0.279. The van der Waals surface area contributed by atoms with Crippen molar-refractivity contribution in [1.29, 1.82) is 0 Å². The topological polar surface area (TPSA) is 74.3 Å². The van der Waals surface area contributed by atoms with Gasteiger partial charge in [0.05, 0.1) is 19.3 Å². The second-order valence-electron chi connectivity index (χ2n) is 4.63. The van der Waals surface area contributed by atoms with E-state index in [2.05, 4.69) is 28.8 Å². The number of amidine groups is 1. The Balaban J connectivity index is 2.13. The summed E-state index contributed by atoms with van der Waals surface area (Å²) in [4.78, 5) is 4.57. The van der Waals surface area contributed by atoms with E-state index < -0.39 is 0 Å². The van der Waals surface area contributed by atoms with E-state index in [1.807, 2.05) is 0 Å². The average molecular weight is 244 g/mol. The Morgan fingerprint density at radius 2 is 1.88 bits per heavy atom. The molecule has 0 radical (unpaired) electrons. The van der Waals surface area contributed by atoms with E-state index in [-0.39, 0.29) is 5.84 Å². The highest BCUT2D eigenvalue weighted by Crippen LogP contribution is 2.01. The lowest BCUT2D eigenvalue weighted by Crippen LogP contribution is -2.49. The molecule has 0 aromatic heterocycles. The molecule has 6 nitrogen and oxygen atoms in total. The van der Waals surface area contributed by atoms with Gasteiger partial charge in [0.15, 0.2) is 5.84 Å². The van der Waals surface area contributed by atoms with E-state index in [1.54, 1.807) is 0 Å². The predicted octanol–water partition coefficient (Wildman–Crippen LogP) is -0.225. The van der Waals surface area contributed by atoms with Gasteiger partial charge in [-0.05, 0) is 13.8 Å². The summed E-state index contributed by atoms with van der Waals surface area (Å²) < 4.78 is 5.53. The van der Waals surface area contributed by atoms with E-state index >= 15 is 0 Å². The summed E-state index contributed by atoms with van der Waals surface area (Å²) in [6, 6.07) is 0. The van der Waals surface area contributed by atoms with Crippen LogP contribution >= 0.6 is 0 Å². The molecule has 1 rings (SSSR count). The first-order chi connectivity index (χ1) is 8.11. The Morgan fingerprint density at radius 3 is 2.41 bits per heavy atom. The normalized spacial score (nSPS) is 20.1. The number of nitrogens with two attached hydrogens (primary N) is 1. The maximum atomic E-state index is 8.49. The fourth-order valence-electron chi connectivity index (χ4n) is 1.85. The van der Waals surface area contributed by atoms with Crippen LogP contribution < -0.4 is 5.73 Å². The molecule has 0 saturated carbocycles. The standard InChI is InChI=1S/C11H24N4O2/c1-10(2)17-8-7-14-3-5-15(6-4-14)9-11(12)13-16/h10,16H,3-9H2,1-2H3,(H2,12,13). The van der Waals surface area contributed by atoms with Gasteiger partial charge in [-0.15, -0.1) is 0 Å². The molecule has 1 fully saturated rings. The van der Waals surface area contributed by atoms with Gasteiger partial charge in [0.1, 0.15) is 0 Å². The highest BCUT2D eigenvalue weighted by Gasteiger charge is 2.17. The summed E-state index contributed by atoms with van der Waals surface area (Å²) in [6.07, 6.45) is 0.303. The minimum atomic E-state index is 0.279. The van der Waals surface area contributed by atoms with Gasteiger partial charge in [0, 0.05) is 32.7 Å². The van der Waals surface area contributed by atoms with Crippen LogP contribution in [0.5, 0.6) is 0 Å². The molecule has 1 heterocycles. The van der Waals surface area contributed by atoms with Crippen molar-refractivity contribution in [2.24, 2.45) is 10.9 Å². The molecular weight excluding hydrogens is 220 g/mol. The van der Waals surface area contributed by atoms with Crippen LogP contribution in [-0.2, 0) is 4.74 Å². The lowest BCUT2D eigenvalue weighted by Gasteiger charge is -2.34. The summed E-state index contributed by atoms with van der Waals surface area (Å²) >= 11 is 0. The molecule has 6 heteroatoms. The van der Waals surface area contributed by atoms with E-state index in [0.29, 0.717) is 12.6 Å². The van der Waals surface area contributed by atoms with E-state index in [0.717, 1.165) is 39.3 Å². The van der Waals surface area contributed by atoms with Gasteiger partial charge in [0.25, 0.3) is 0 Å². The number of hydrogen-bond acceptors (Lipinski definition) is 5. The molecule has 1 aliphatic heterocycles. The third-order valence-corrected chi connectivity index (χ3v) is 2.84. The summed E-state index contributed by atoms with van der Waals surface area (Å²) in [5.74, 6) is 0.279. The molecule has 0 unspecified atom stereocenters. The molecule has 0 aliphatic carbocycles. The van der Waals surface area contributed by atoms with Crippen molar-refractivity contribution in [2.75, 3.05) is 45.9 Å². The van der Waals surface area contributed by atoms with Gasteiger partial charge in [-0.2, -0.15) is 0 Å². The zero-order valence-corrected chi connectivity index (χ0v) is 10.8. The highest BCUT2D eigenvalue weighted by molar-refractivity contribution is 5.81. The summed E-state index contributed by atoms with van der Waals surface area (Å²) in [5, 5.41) is 11.5. The molecule has 17 heavy (non-hydrogen) atoms. The van der Waals surface area contributed by atoms with Gasteiger partial charge < -0.3 is 15.7 Å². The summed E-state index contributed by atoms with van der Waals surface area (Å²) in [5.41, 5.74) is 5.48. The third-order valence-electron chi connectivity index (χ3n) is 2.84. The molecule has 0 spiro atoms. The van der Waals surface area contributed by atoms with Gasteiger partial charge in [-0.1, -0.05) is 5.16 Å².